The van der Waals surface area contributed by atoms with E-state index >= 15 is 0 Å². The zero-order valence-corrected chi connectivity index (χ0v) is 11.8. The molecule has 0 fully saturated rings. The first kappa shape index (κ1) is 16.8. The molecule has 0 aliphatic rings. The lowest BCUT2D eigenvalue weighted by molar-refractivity contribution is -0.387. The molecule has 1 aromatic carbocycles. The number of hydrogen-bond donors (Lipinski definition) is 1. The van der Waals surface area contributed by atoms with Crippen molar-refractivity contribution in [3.63, 3.8) is 0 Å². The maximum Gasteiger partial charge on any atom is 0.307 e. The van der Waals surface area contributed by atoms with Gasteiger partial charge in [-0.05, 0) is 6.07 Å². The van der Waals surface area contributed by atoms with E-state index in [1.165, 1.54) is 18.2 Å². The minimum atomic E-state index is -4.07. The number of nitrogens with one attached hydrogen (secondary N) is 1. The molecule has 0 aliphatic carbocycles. The van der Waals surface area contributed by atoms with Crippen LogP contribution in [0.3, 0.4) is 0 Å². The van der Waals surface area contributed by atoms with Crippen LogP contribution in [0.5, 0.6) is 0 Å². The zero-order chi connectivity index (χ0) is 15.9. The lowest BCUT2D eigenvalue weighted by atomic mass is 10.3. The Labute approximate surface area is 121 Å². The van der Waals surface area contributed by atoms with Crippen LogP contribution < -0.4 is 4.72 Å². The van der Waals surface area contributed by atoms with Gasteiger partial charge in [0.15, 0.2) is 4.90 Å². The Bertz CT molecular complexity index is 641. The van der Waals surface area contributed by atoms with Crippen LogP contribution in [-0.2, 0) is 19.6 Å². The maximum atomic E-state index is 12.0. The fraction of sp³-hybridized carbons (Fsp3) is 0.250. The average molecular weight is 314 g/mol. The normalized spacial score (nSPS) is 10.9. The van der Waals surface area contributed by atoms with Crippen molar-refractivity contribution in [1.29, 1.82) is 0 Å². The summed E-state index contributed by atoms with van der Waals surface area (Å²) in [6, 6.07) is 4.95. The molecule has 21 heavy (non-hydrogen) atoms. The number of nitro groups is 1. The first-order valence-electron chi connectivity index (χ1n) is 5.88. The molecular formula is C12H14N2O6S. The van der Waals surface area contributed by atoms with E-state index in [2.05, 4.69) is 16.0 Å². The highest BCUT2D eigenvalue weighted by molar-refractivity contribution is 7.89. The van der Waals surface area contributed by atoms with E-state index in [1.807, 2.05) is 0 Å². The van der Waals surface area contributed by atoms with Gasteiger partial charge in [0.05, 0.1) is 11.3 Å². The van der Waals surface area contributed by atoms with Gasteiger partial charge in [0, 0.05) is 12.6 Å². The first-order chi connectivity index (χ1) is 9.88. The van der Waals surface area contributed by atoms with Crippen LogP contribution in [0.2, 0.25) is 0 Å². The quantitative estimate of drug-likeness (QED) is 0.331. The van der Waals surface area contributed by atoms with Gasteiger partial charge >= 0.3 is 5.97 Å². The number of rotatable bonds is 8. The molecule has 0 spiro atoms. The number of nitro benzene ring substituents is 1. The number of sulfonamides is 1. The van der Waals surface area contributed by atoms with Crippen LogP contribution in [0.1, 0.15) is 6.42 Å². The maximum absolute atomic E-state index is 12.0. The molecular weight excluding hydrogens is 300 g/mol. The Hall–Kier alpha value is -2.26. The second-order valence-electron chi connectivity index (χ2n) is 3.84. The molecule has 0 heterocycles. The molecule has 0 saturated carbocycles. The number of esters is 1. The Balaban J connectivity index is 2.73. The molecule has 0 saturated heterocycles. The number of carbonyl (C=O) groups is 1. The minimum Gasteiger partial charge on any atom is -0.461 e. The second kappa shape index (κ2) is 7.50. The molecule has 9 heteroatoms. The molecule has 1 aromatic rings. The molecule has 0 radical (unpaired) electrons. The van der Waals surface area contributed by atoms with Crippen LogP contribution in [0, 0.1) is 10.1 Å². The van der Waals surface area contributed by atoms with Crippen LogP contribution in [0.4, 0.5) is 5.69 Å². The highest BCUT2D eigenvalue weighted by atomic mass is 32.2. The standard InChI is InChI=1S/C12H14N2O6S/c1-2-9-20-12(15)7-8-13-21(18,19)11-6-4-3-5-10(11)14(16)17/h2-6,13H,1,7-9H2. The monoisotopic (exact) mass is 314 g/mol. The Morgan fingerprint density at radius 3 is 2.71 bits per heavy atom. The molecule has 0 unspecified atom stereocenters. The summed E-state index contributed by atoms with van der Waals surface area (Å²) >= 11 is 0. The topological polar surface area (TPSA) is 116 Å². The molecule has 114 valence electrons. The van der Waals surface area contributed by atoms with E-state index in [-0.39, 0.29) is 19.6 Å². The van der Waals surface area contributed by atoms with Crippen LogP contribution >= 0.6 is 0 Å². The van der Waals surface area contributed by atoms with Gasteiger partial charge in [0.1, 0.15) is 6.61 Å². The molecule has 0 atom stereocenters. The third kappa shape index (κ3) is 4.97. The highest BCUT2D eigenvalue weighted by Gasteiger charge is 2.24. The van der Waals surface area contributed by atoms with E-state index in [4.69, 9.17) is 0 Å². The van der Waals surface area contributed by atoms with Crippen molar-refractivity contribution in [3.05, 3.63) is 47.0 Å². The van der Waals surface area contributed by atoms with Crippen molar-refractivity contribution < 1.29 is 22.9 Å². The molecule has 0 bridgehead atoms. The lowest BCUT2D eigenvalue weighted by Crippen LogP contribution is -2.27. The van der Waals surface area contributed by atoms with E-state index in [9.17, 15) is 23.3 Å². The van der Waals surface area contributed by atoms with Gasteiger partial charge in [-0.2, -0.15) is 0 Å². The minimum absolute atomic E-state index is 0.0374. The van der Waals surface area contributed by atoms with E-state index < -0.39 is 31.5 Å². The third-order valence-electron chi connectivity index (χ3n) is 2.33. The van der Waals surface area contributed by atoms with Crippen molar-refractivity contribution in [2.45, 2.75) is 11.3 Å². The van der Waals surface area contributed by atoms with Gasteiger partial charge < -0.3 is 4.74 Å². The van der Waals surface area contributed by atoms with Crippen LogP contribution in [0.25, 0.3) is 0 Å². The summed E-state index contributed by atoms with van der Waals surface area (Å²) in [6.45, 7) is 3.19. The summed E-state index contributed by atoms with van der Waals surface area (Å²) in [6.07, 6.45) is 1.20. The summed E-state index contributed by atoms with van der Waals surface area (Å²) in [4.78, 5) is 20.8. The lowest BCUT2D eigenvalue weighted by Gasteiger charge is -2.07. The molecule has 0 aromatic heterocycles. The van der Waals surface area contributed by atoms with E-state index in [0.717, 1.165) is 12.1 Å². The summed E-state index contributed by atoms with van der Waals surface area (Å²) in [5, 5.41) is 10.8. The number of benzene rings is 1. The molecule has 0 aliphatic heterocycles. The summed E-state index contributed by atoms with van der Waals surface area (Å²) in [5.74, 6) is -0.597. The number of hydrogen-bond acceptors (Lipinski definition) is 6. The van der Waals surface area contributed by atoms with Gasteiger partial charge in [0.25, 0.3) is 5.69 Å². The molecule has 1 rings (SSSR count). The van der Waals surface area contributed by atoms with E-state index in [1.54, 1.807) is 0 Å². The predicted octanol–water partition coefficient (Wildman–Crippen LogP) is 0.992. The first-order valence-corrected chi connectivity index (χ1v) is 7.36. The summed E-state index contributed by atoms with van der Waals surface area (Å²) < 4.78 is 30.7. The molecule has 0 amide bonds. The highest BCUT2D eigenvalue weighted by Crippen LogP contribution is 2.22. The van der Waals surface area contributed by atoms with Crippen molar-refractivity contribution >= 4 is 21.7 Å². The fourth-order valence-corrected chi connectivity index (χ4v) is 2.63. The zero-order valence-electron chi connectivity index (χ0n) is 11.0. The summed E-state index contributed by atoms with van der Waals surface area (Å²) in [7, 11) is -4.07. The van der Waals surface area contributed by atoms with Crippen LogP contribution in [-0.4, -0.2) is 32.5 Å². The van der Waals surface area contributed by atoms with Crippen molar-refractivity contribution in [2.24, 2.45) is 0 Å². The largest absolute Gasteiger partial charge is 0.461 e. The van der Waals surface area contributed by atoms with Gasteiger partial charge in [0.2, 0.25) is 10.0 Å². The second-order valence-corrected chi connectivity index (χ2v) is 5.58. The Morgan fingerprint density at radius 1 is 1.43 bits per heavy atom. The van der Waals surface area contributed by atoms with Crippen molar-refractivity contribution in [2.75, 3.05) is 13.2 Å². The number of nitrogens with zero attached hydrogens (tertiary/aromatic N) is 1. The van der Waals surface area contributed by atoms with Gasteiger partial charge in [-0.1, -0.05) is 24.8 Å². The Kier molecular flexibility index (Phi) is 6.00. The fourth-order valence-electron chi connectivity index (χ4n) is 1.42. The Morgan fingerprint density at radius 2 is 2.10 bits per heavy atom. The van der Waals surface area contributed by atoms with Crippen LogP contribution in [0.15, 0.2) is 41.8 Å². The SMILES string of the molecule is C=CCOC(=O)CCNS(=O)(=O)c1ccccc1[N+](=O)[O-]. The van der Waals surface area contributed by atoms with Crippen molar-refractivity contribution in [3.8, 4) is 0 Å². The average Bonchev–Trinajstić information content (AvgIpc) is 2.44. The van der Waals surface area contributed by atoms with Gasteiger partial charge in [-0.25, -0.2) is 13.1 Å². The summed E-state index contributed by atoms with van der Waals surface area (Å²) in [5.41, 5.74) is -0.528. The number of ether oxygens (including phenoxy) is 1. The van der Waals surface area contributed by atoms with Crippen molar-refractivity contribution in [1.82, 2.24) is 4.72 Å². The van der Waals surface area contributed by atoms with E-state index in [0.29, 0.717) is 0 Å². The smallest absolute Gasteiger partial charge is 0.307 e. The van der Waals surface area contributed by atoms with Gasteiger partial charge in [-0.15, -0.1) is 0 Å². The molecule has 1 N–H and O–H groups in total. The molecule has 8 nitrogen and oxygen atoms in total. The third-order valence-corrected chi connectivity index (χ3v) is 3.84. The number of carbonyl (C=O) groups excluding carboxylic acids is 1. The predicted molar refractivity (Wildman–Crippen MR) is 74.1 cm³/mol. The number of para-hydroxylation sites is 1. The van der Waals surface area contributed by atoms with Gasteiger partial charge in [-0.3, -0.25) is 14.9 Å².